The number of benzene rings is 1. The first kappa shape index (κ1) is 18.8. The van der Waals surface area contributed by atoms with E-state index in [1.54, 1.807) is 12.1 Å². The summed E-state index contributed by atoms with van der Waals surface area (Å²) in [5, 5.41) is 11.1. The number of piperidine rings is 1. The average molecular weight is 366 g/mol. The first-order chi connectivity index (χ1) is 12.0. The lowest BCUT2D eigenvalue weighted by Crippen LogP contribution is -2.50. The van der Waals surface area contributed by atoms with Crippen molar-refractivity contribution < 1.29 is 8.42 Å². The summed E-state index contributed by atoms with van der Waals surface area (Å²) < 4.78 is 23.2. The molecule has 2 aliphatic heterocycles. The molecule has 0 aliphatic carbocycles. The van der Waals surface area contributed by atoms with Crippen molar-refractivity contribution in [2.24, 2.45) is 0 Å². The standard InChI is InChI=1S/C19H31N3O2S/c1-3-15-9-10-16(21-15)13-20-19-6-4-5-18(22-19)14-7-11-17(12-8-14)25(2,23)24/h7-8,11-12,15-16,18-22H,3-6,9-10,13H2,1-2H3. The second-order valence-electron chi connectivity index (χ2n) is 7.50. The molecule has 0 saturated carbocycles. The lowest BCUT2D eigenvalue weighted by Gasteiger charge is -2.33. The van der Waals surface area contributed by atoms with Crippen molar-refractivity contribution in [1.29, 1.82) is 0 Å². The van der Waals surface area contributed by atoms with Gasteiger partial charge in [0.1, 0.15) is 0 Å². The van der Waals surface area contributed by atoms with Crippen LogP contribution in [0, 0.1) is 0 Å². The molecule has 2 fully saturated rings. The zero-order valence-electron chi connectivity index (χ0n) is 15.3. The van der Waals surface area contributed by atoms with Gasteiger partial charge in [-0.15, -0.1) is 0 Å². The van der Waals surface area contributed by atoms with Gasteiger partial charge in [-0.05, 0) is 56.2 Å². The summed E-state index contributed by atoms with van der Waals surface area (Å²) in [6.45, 7) is 3.25. The third kappa shape index (κ3) is 5.03. The highest BCUT2D eigenvalue weighted by Crippen LogP contribution is 2.26. The molecule has 4 unspecified atom stereocenters. The minimum atomic E-state index is -3.13. The maximum absolute atomic E-state index is 11.6. The van der Waals surface area contributed by atoms with Crippen molar-refractivity contribution in [2.45, 2.75) is 74.6 Å². The van der Waals surface area contributed by atoms with Crippen molar-refractivity contribution in [3.05, 3.63) is 29.8 Å². The minimum absolute atomic E-state index is 0.291. The maximum Gasteiger partial charge on any atom is 0.175 e. The fourth-order valence-electron chi connectivity index (χ4n) is 3.98. The molecule has 140 valence electrons. The monoisotopic (exact) mass is 365 g/mol. The lowest BCUT2D eigenvalue weighted by molar-refractivity contribution is 0.276. The second kappa shape index (κ2) is 8.16. The Kier molecular flexibility index (Phi) is 6.15. The van der Waals surface area contributed by atoms with Gasteiger partial charge < -0.3 is 10.6 Å². The van der Waals surface area contributed by atoms with Gasteiger partial charge in [0.05, 0.1) is 11.1 Å². The summed E-state index contributed by atoms with van der Waals surface area (Å²) in [7, 11) is -3.13. The Morgan fingerprint density at radius 3 is 2.40 bits per heavy atom. The summed E-state index contributed by atoms with van der Waals surface area (Å²) >= 11 is 0. The molecule has 2 aliphatic rings. The van der Waals surface area contributed by atoms with E-state index < -0.39 is 9.84 Å². The molecule has 0 bridgehead atoms. The van der Waals surface area contributed by atoms with E-state index in [0.717, 1.165) is 19.4 Å². The normalized spacial score (nSPS) is 30.5. The SMILES string of the molecule is CCC1CCC(CNC2CCCC(c3ccc(S(C)(=O)=O)cc3)N2)N1. The van der Waals surface area contributed by atoms with Gasteiger partial charge in [0.25, 0.3) is 0 Å². The summed E-state index contributed by atoms with van der Waals surface area (Å²) in [5.41, 5.74) is 1.17. The zero-order valence-corrected chi connectivity index (χ0v) is 16.1. The summed E-state index contributed by atoms with van der Waals surface area (Å²) in [6.07, 6.45) is 8.75. The Hall–Kier alpha value is -0.950. The smallest absolute Gasteiger partial charge is 0.175 e. The Bertz CT molecular complexity index is 660. The van der Waals surface area contributed by atoms with Crippen LogP contribution in [0.3, 0.4) is 0 Å². The molecule has 2 saturated heterocycles. The Morgan fingerprint density at radius 2 is 1.76 bits per heavy atom. The third-order valence-electron chi connectivity index (χ3n) is 5.54. The van der Waals surface area contributed by atoms with Gasteiger partial charge in [-0.1, -0.05) is 19.1 Å². The summed E-state index contributed by atoms with van der Waals surface area (Å²) in [5.74, 6) is 0. The van der Waals surface area contributed by atoms with E-state index in [9.17, 15) is 8.42 Å². The van der Waals surface area contributed by atoms with Crippen molar-refractivity contribution in [1.82, 2.24) is 16.0 Å². The fourth-order valence-corrected chi connectivity index (χ4v) is 4.61. The number of rotatable bonds is 6. The van der Waals surface area contributed by atoms with E-state index in [1.165, 1.54) is 37.5 Å². The first-order valence-electron chi connectivity index (χ1n) is 9.51. The molecule has 5 nitrogen and oxygen atoms in total. The van der Waals surface area contributed by atoms with Crippen LogP contribution in [0.25, 0.3) is 0 Å². The van der Waals surface area contributed by atoms with Gasteiger partial charge in [-0.2, -0.15) is 0 Å². The summed E-state index contributed by atoms with van der Waals surface area (Å²) in [4.78, 5) is 0.388. The van der Waals surface area contributed by atoms with Gasteiger partial charge in [0, 0.05) is 30.9 Å². The number of sulfone groups is 1. The third-order valence-corrected chi connectivity index (χ3v) is 6.67. The van der Waals surface area contributed by atoms with Crippen LogP contribution in [0.2, 0.25) is 0 Å². The molecule has 3 rings (SSSR count). The van der Waals surface area contributed by atoms with Gasteiger partial charge in [-0.25, -0.2) is 8.42 Å². The molecule has 0 spiro atoms. The Labute approximate surface area is 151 Å². The molecule has 0 radical (unpaired) electrons. The molecule has 0 amide bonds. The van der Waals surface area contributed by atoms with Crippen LogP contribution in [-0.2, 0) is 9.84 Å². The molecule has 25 heavy (non-hydrogen) atoms. The Morgan fingerprint density at radius 1 is 1.04 bits per heavy atom. The van der Waals surface area contributed by atoms with Gasteiger partial charge in [0.15, 0.2) is 9.84 Å². The largest absolute Gasteiger partial charge is 0.310 e. The molecule has 4 atom stereocenters. The average Bonchev–Trinajstić information content (AvgIpc) is 3.08. The van der Waals surface area contributed by atoms with Crippen molar-refractivity contribution in [3.63, 3.8) is 0 Å². The molecule has 3 N–H and O–H groups in total. The van der Waals surface area contributed by atoms with E-state index in [-0.39, 0.29) is 0 Å². The van der Waals surface area contributed by atoms with Crippen LogP contribution < -0.4 is 16.0 Å². The quantitative estimate of drug-likeness (QED) is 0.722. The van der Waals surface area contributed by atoms with E-state index >= 15 is 0 Å². The fraction of sp³-hybridized carbons (Fsp3) is 0.684. The zero-order chi connectivity index (χ0) is 17.9. The summed E-state index contributed by atoms with van der Waals surface area (Å²) in [6, 6.07) is 8.89. The van der Waals surface area contributed by atoms with Crippen molar-refractivity contribution in [3.8, 4) is 0 Å². The Balaban J connectivity index is 1.52. The van der Waals surface area contributed by atoms with E-state index in [2.05, 4.69) is 22.9 Å². The van der Waals surface area contributed by atoms with Gasteiger partial charge >= 0.3 is 0 Å². The molecular formula is C19H31N3O2S. The molecule has 0 aromatic heterocycles. The predicted molar refractivity (Wildman–Crippen MR) is 101 cm³/mol. The second-order valence-corrected chi connectivity index (χ2v) is 9.51. The molecule has 2 heterocycles. The predicted octanol–water partition coefficient (Wildman–Crippen LogP) is 2.35. The minimum Gasteiger partial charge on any atom is -0.310 e. The number of hydrogen-bond donors (Lipinski definition) is 3. The van der Waals surface area contributed by atoms with E-state index in [0.29, 0.717) is 29.2 Å². The molecule has 1 aromatic carbocycles. The van der Waals surface area contributed by atoms with Crippen LogP contribution >= 0.6 is 0 Å². The van der Waals surface area contributed by atoms with Crippen LogP contribution in [0.4, 0.5) is 0 Å². The number of nitrogens with one attached hydrogen (secondary N) is 3. The highest BCUT2D eigenvalue weighted by molar-refractivity contribution is 7.90. The van der Waals surface area contributed by atoms with Gasteiger partial charge in [-0.3, -0.25) is 5.32 Å². The van der Waals surface area contributed by atoms with Crippen molar-refractivity contribution in [2.75, 3.05) is 12.8 Å². The van der Waals surface area contributed by atoms with Crippen molar-refractivity contribution >= 4 is 9.84 Å². The van der Waals surface area contributed by atoms with Crippen LogP contribution in [0.1, 0.15) is 57.1 Å². The van der Waals surface area contributed by atoms with Crippen LogP contribution in [0.15, 0.2) is 29.2 Å². The molecule has 1 aromatic rings. The van der Waals surface area contributed by atoms with Crippen LogP contribution in [0.5, 0.6) is 0 Å². The first-order valence-corrected chi connectivity index (χ1v) is 11.4. The van der Waals surface area contributed by atoms with E-state index in [1.807, 2.05) is 12.1 Å². The van der Waals surface area contributed by atoms with Crippen LogP contribution in [-0.4, -0.2) is 39.5 Å². The highest BCUT2D eigenvalue weighted by atomic mass is 32.2. The number of hydrogen-bond acceptors (Lipinski definition) is 5. The lowest BCUT2D eigenvalue weighted by atomic mass is 9.96. The molecule has 6 heteroatoms. The molecular weight excluding hydrogens is 334 g/mol. The topological polar surface area (TPSA) is 70.2 Å². The van der Waals surface area contributed by atoms with Gasteiger partial charge in [0.2, 0.25) is 0 Å². The maximum atomic E-state index is 11.6. The highest BCUT2D eigenvalue weighted by Gasteiger charge is 2.25. The van der Waals surface area contributed by atoms with E-state index in [4.69, 9.17) is 0 Å².